The largest absolute Gasteiger partial charge is 0.441 e. The van der Waals surface area contributed by atoms with Crippen LogP contribution in [0.1, 0.15) is 19.3 Å². The number of nitrogens with zero attached hydrogens (tertiary/aromatic N) is 1. The van der Waals surface area contributed by atoms with Crippen molar-refractivity contribution in [2.45, 2.75) is 25.4 Å². The van der Waals surface area contributed by atoms with E-state index < -0.39 is 6.09 Å². The second-order valence-corrected chi connectivity index (χ2v) is 3.69. The van der Waals surface area contributed by atoms with Gasteiger partial charge in [0.2, 0.25) is 0 Å². The number of hydrogen-bond donors (Lipinski definition) is 2. The molecule has 0 saturated carbocycles. The van der Waals surface area contributed by atoms with Gasteiger partial charge in [-0.05, 0) is 51.0 Å². The van der Waals surface area contributed by atoms with Crippen LogP contribution >= 0.6 is 25.6 Å². The fourth-order valence-corrected chi connectivity index (χ4v) is 1.15. The summed E-state index contributed by atoms with van der Waals surface area (Å²) in [5.41, 5.74) is 0. The lowest BCUT2D eigenvalue weighted by Gasteiger charge is -2.18. The van der Waals surface area contributed by atoms with E-state index in [0.717, 1.165) is 23.0 Å². The van der Waals surface area contributed by atoms with Gasteiger partial charge in [0.25, 0.3) is 0 Å². The van der Waals surface area contributed by atoms with E-state index in [1.165, 1.54) is 0 Å². The molecule has 3 nitrogen and oxygen atoms in total. The zero-order chi connectivity index (χ0) is 8.97. The lowest BCUT2D eigenvalue weighted by atomic mass is 10.1. The summed E-state index contributed by atoms with van der Waals surface area (Å²) in [6, 6.07) is 0. The summed E-state index contributed by atoms with van der Waals surface area (Å²) in [5, 5.41) is 0. The highest BCUT2D eigenvalue weighted by Gasteiger charge is 2.15. The molecule has 0 spiro atoms. The molecule has 1 aliphatic rings. The molecule has 1 aliphatic carbocycles. The fraction of sp³-hybridized carbons (Fsp3) is 0.571. The Morgan fingerprint density at radius 1 is 1.58 bits per heavy atom. The molecule has 68 valence electrons. The van der Waals surface area contributed by atoms with Gasteiger partial charge in [-0.3, -0.25) is 0 Å². The molecule has 0 heterocycles. The summed E-state index contributed by atoms with van der Waals surface area (Å²) in [5.74, 6) is 0. The molecular formula is C7H11NO2S2. The summed E-state index contributed by atoms with van der Waals surface area (Å²) in [6.07, 6.45) is 6.30. The van der Waals surface area contributed by atoms with Crippen molar-refractivity contribution in [3.05, 3.63) is 12.2 Å². The Morgan fingerprint density at radius 2 is 2.33 bits per heavy atom. The third-order valence-electron chi connectivity index (χ3n) is 1.63. The highest BCUT2D eigenvalue weighted by molar-refractivity contribution is 7.94. The van der Waals surface area contributed by atoms with Crippen LogP contribution in [0.4, 0.5) is 4.79 Å². The van der Waals surface area contributed by atoms with Crippen LogP contribution in [0.2, 0.25) is 0 Å². The van der Waals surface area contributed by atoms with Crippen molar-refractivity contribution in [2.75, 3.05) is 0 Å². The normalized spacial score (nSPS) is 22.0. The summed E-state index contributed by atoms with van der Waals surface area (Å²) in [4.78, 5) is 10.9. The van der Waals surface area contributed by atoms with E-state index in [1.807, 2.05) is 12.2 Å². The number of carbonyl (C=O) groups excluding carboxylic acids is 1. The van der Waals surface area contributed by atoms with Crippen molar-refractivity contribution in [2.24, 2.45) is 0 Å². The van der Waals surface area contributed by atoms with Crippen molar-refractivity contribution < 1.29 is 9.53 Å². The van der Waals surface area contributed by atoms with Gasteiger partial charge < -0.3 is 4.74 Å². The summed E-state index contributed by atoms with van der Waals surface area (Å²) in [6.45, 7) is 0. The van der Waals surface area contributed by atoms with Gasteiger partial charge in [-0.2, -0.15) is 3.71 Å². The van der Waals surface area contributed by atoms with Crippen LogP contribution < -0.4 is 0 Å². The van der Waals surface area contributed by atoms with E-state index in [-0.39, 0.29) is 6.10 Å². The van der Waals surface area contributed by atoms with Crippen LogP contribution in [-0.2, 0) is 4.74 Å². The minimum atomic E-state index is -0.529. The molecule has 1 atom stereocenters. The number of amides is 1. The highest BCUT2D eigenvalue weighted by Crippen LogP contribution is 2.15. The first kappa shape index (κ1) is 9.80. The molecule has 0 fully saturated rings. The van der Waals surface area contributed by atoms with Crippen molar-refractivity contribution in [3.8, 4) is 0 Å². The van der Waals surface area contributed by atoms with Gasteiger partial charge in [0.1, 0.15) is 6.10 Å². The number of allylic oxidation sites excluding steroid dienone is 1. The number of hydrogen-bond acceptors (Lipinski definition) is 4. The van der Waals surface area contributed by atoms with Crippen molar-refractivity contribution in [1.82, 2.24) is 3.71 Å². The van der Waals surface area contributed by atoms with E-state index in [1.54, 1.807) is 0 Å². The van der Waals surface area contributed by atoms with Crippen LogP contribution in [0.5, 0.6) is 0 Å². The number of carbonyl (C=O) groups is 1. The number of ether oxygens (including phenoxy) is 1. The van der Waals surface area contributed by atoms with Crippen LogP contribution in [0, 0.1) is 0 Å². The quantitative estimate of drug-likeness (QED) is 0.508. The van der Waals surface area contributed by atoms with Gasteiger partial charge in [-0.25, -0.2) is 4.79 Å². The molecule has 0 radical (unpaired) electrons. The first-order valence-corrected chi connectivity index (χ1v) is 4.55. The van der Waals surface area contributed by atoms with Gasteiger partial charge >= 0.3 is 6.09 Å². The molecular weight excluding hydrogens is 194 g/mol. The molecule has 5 heteroatoms. The predicted molar refractivity (Wildman–Crippen MR) is 53.1 cm³/mol. The highest BCUT2D eigenvalue weighted by atomic mass is 32.2. The zero-order valence-corrected chi connectivity index (χ0v) is 8.30. The molecule has 0 aromatic heterocycles. The average molecular weight is 205 g/mol. The van der Waals surface area contributed by atoms with Crippen LogP contribution in [0.25, 0.3) is 0 Å². The van der Waals surface area contributed by atoms with Gasteiger partial charge in [0, 0.05) is 0 Å². The molecule has 0 N–H and O–H groups in total. The maximum atomic E-state index is 10.9. The Labute approximate surface area is 82.8 Å². The summed E-state index contributed by atoms with van der Waals surface area (Å²) >= 11 is 7.38. The fourth-order valence-electron chi connectivity index (χ4n) is 1.06. The van der Waals surface area contributed by atoms with Crippen molar-refractivity contribution >= 4 is 31.7 Å². The second kappa shape index (κ2) is 4.67. The van der Waals surface area contributed by atoms with Crippen LogP contribution in [0.15, 0.2) is 12.2 Å². The van der Waals surface area contributed by atoms with Crippen molar-refractivity contribution in [3.63, 3.8) is 0 Å². The summed E-state index contributed by atoms with van der Waals surface area (Å²) in [7, 11) is 0. The number of rotatable bonds is 1. The van der Waals surface area contributed by atoms with Gasteiger partial charge in [-0.15, -0.1) is 0 Å². The minimum Gasteiger partial charge on any atom is -0.441 e. The Morgan fingerprint density at radius 3 is 2.83 bits per heavy atom. The van der Waals surface area contributed by atoms with E-state index in [9.17, 15) is 4.79 Å². The third kappa shape index (κ3) is 2.98. The molecule has 1 unspecified atom stereocenters. The molecule has 0 aliphatic heterocycles. The SMILES string of the molecule is O=C(OC1C=CCCC1)N(S)S. The zero-order valence-electron chi connectivity index (χ0n) is 6.51. The first-order chi connectivity index (χ1) is 5.70. The molecule has 12 heavy (non-hydrogen) atoms. The number of thiol groups is 2. The first-order valence-electron chi connectivity index (χ1n) is 3.75. The molecule has 0 aromatic carbocycles. The Bertz CT molecular complexity index is 194. The maximum Gasteiger partial charge on any atom is 0.430 e. The van der Waals surface area contributed by atoms with Gasteiger partial charge in [-0.1, -0.05) is 6.08 Å². The molecule has 0 aromatic rings. The standard InChI is InChI=1S/C7H11NO2S2/c9-7(8(11)12)10-6-4-2-1-3-5-6/h2,4,6,11-12H,1,3,5H2. The van der Waals surface area contributed by atoms with Crippen LogP contribution in [-0.4, -0.2) is 15.9 Å². The predicted octanol–water partition coefficient (Wildman–Crippen LogP) is 2.22. The lowest BCUT2D eigenvalue weighted by molar-refractivity contribution is 0.109. The maximum absolute atomic E-state index is 10.9. The van der Waals surface area contributed by atoms with Gasteiger partial charge in [0.05, 0.1) is 0 Å². The van der Waals surface area contributed by atoms with Gasteiger partial charge in [0.15, 0.2) is 0 Å². The Kier molecular flexibility index (Phi) is 3.81. The van der Waals surface area contributed by atoms with E-state index in [0.29, 0.717) is 0 Å². The molecule has 1 rings (SSSR count). The average Bonchev–Trinajstić information content (AvgIpc) is 2.06. The lowest BCUT2D eigenvalue weighted by Crippen LogP contribution is -2.22. The minimum absolute atomic E-state index is 0.104. The molecule has 1 amide bonds. The van der Waals surface area contributed by atoms with E-state index in [2.05, 4.69) is 25.6 Å². The van der Waals surface area contributed by atoms with Crippen LogP contribution in [0.3, 0.4) is 0 Å². The van der Waals surface area contributed by atoms with Crippen molar-refractivity contribution in [1.29, 1.82) is 0 Å². The third-order valence-corrected chi connectivity index (χ3v) is 1.95. The smallest absolute Gasteiger partial charge is 0.430 e. The Balaban J connectivity index is 2.35. The topological polar surface area (TPSA) is 29.5 Å². The summed E-state index contributed by atoms with van der Waals surface area (Å²) < 4.78 is 5.84. The van der Waals surface area contributed by atoms with E-state index in [4.69, 9.17) is 4.74 Å². The molecule has 0 bridgehead atoms. The molecule has 0 saturated heterocycles. The second-order valence-electron chi connectivity index (χ2n) is 2.57. The van der Waals surface area contributed by atoms with E-state index >= 15 is 0 Å². The Hall–Kier alpha value is -0.290. The monoisotopic (exact) mass is 205 g/mol.